The Morgan fingerprint density at radius 2 is 2.12 bits per heavy atom. The first-order chi connectivity index (χ1) is 8.24. The fraction of sp³-hybridized carbons (Fsp3) is 0.385. The van der Waals surface area contributed by atoms with Crippen LogP contribution in [0.2, 0.25) is 0 Å². The van der Waals surface area contributed by atoms with Crippen LogP contribution >= 0.6 is 0 Å². The topological polar surface area (TPSA) is 45.8 Å². The van der Waals surface area contributed by atoms with Crippen LogP contribution in [0.5, 0.6) is 0 Å². The Balaban J connectivity index is 0.000000917. The highest BCUT2D eigenvalue weighted by Crippen LogP contribution is 2.10. The maximum Gasteiger partial charge on any atom is 0.251 e. The van der Waals surface area contributed by atoms with Crippen LogP contribution < -0.4 is 5.56 Å². The minimum Gasteiger partial charge on any atom is -0.320 e. The summed E-state index contributed by atoms with van der Waals surface area (Å²) in [6.45, 7) is 5.95. The molecule has 0 amide bonds. The number of aromatic amines is 1. The van der Waals surface area contributed by atoms with E-state index in [1.807, 2.05) is 32.9 Å². The van der Waals surface area contributed by atoms with Crippen molar-refractivity contribution < 1.29 is 1.43 Å². The number of rotatable bonds is 2. The van der Waals surface area contributed by atoms with Crippen LogP contribution in [0.1, 0.15) is 33.3 Å². The number of fused-ring (bicyclic) bond motifs is 1. The van der Waals surface area contributed by atoms with E-state index in [0.717, 1.165) is 22.2 Å². The van der Waals surface area contributed by atoms with Gasteiger partial charge >= 0.3 is 0 Å². The summed E-state index contributed by atoms with van der Waals surface area (Å²) in [5.74, 6) is 0. The molecule has 0 aliphatic heterocycles. The summed E-state index contributed by atoms with van der Waals surface area (Å²) in [5, 5.41) is 0. The standard InChI is InChI=1S/C11H11BN2O.C2H6.H2/c1-2-8-4-9-10(14-11(8)15)3-7(5-12)6-13-9;1-2;/h3-4,6H,2,5H2,1H3,(H,14,15);1-2H3;1H. The van der Waals surface area contributed by atoms with Crippen molar-refractivity contribution in [1.82, 2.24) is 9.97 Å². The fourth-order valence-corrected chi connectivity index (χ4v) is 1.54. The molecule has 2 aromatic heterocycles. The molecular weight excluding hydrogens is 211 g/mol. The van der Waals surface area contributed by atoms with Gasteiger partial charge in [0.1, 0.15) is 0 Å². The molecule has 0 saturated heterocycles. The Kier molecular flexibility index (Phi) is 4.95. The molecule has 2 heterocycles. The van der Waals surface area contributed by atoms with E-state index in [9.17, 15) is 4.79 Å². The van der Waals surface area contributed by atoms with Gasteiger partial charge in [0.25, 0.3) is 5.56 Å². The molecule has 0 fully saturated rings. The lowest BCUT2D eigenvalue weighted by molar-refractivity contribution is 1.07. The maximum atomic E-state index is 11.5. The Morgan fingerprint density at radius 1 is 1.41 bits per heavy atom. The van der Waals surface area contributed by atoms with E-state index < -0.39 is 0 Å². The number of pyridine rings is 2. The predicted octanol–water partition coefficient (Wildman–Crippen LogP) is 2.43. The Hall–Kier alpha value is -1.58. The average molecular weight is 230 g/mol. The summed E-state index contributed by atoms with van der Waals surface area (Å²) in [6.07, 6.45) is 2.88. The summed E-state index contributed by atoms with van der Waals surface area (Å²) in [7, 11) is 5.50. The van der Waals surface area contributed by atoms with Crippen molar-refractivity contribution in [3.8, 4) is 0 Å². The molecule has 0 spiro atoms. The minimum atomic E-state index is -0.0408. The van der Waals surface area contributed by atoms with Crippen molar-refractivity contribution in [3.05, 3.63) is 39.8 Å². The molecule has 2 radical (unpaired) electrons. The molecule has 0 bridgehead atoms. The monoisotopic (exact) mass is 230 g/mol. The van der Waals surface area contributed by atoms with Gasteiger partial charge in [0.2, 0.25) is 0 Å². The van der Waals surface area contributed by atoms with Crippen LogP contribution in [-0.2, 0) is 12.7 Å². The lowest BCUT2D eigenvalue weighted by Gasteiger charge is -2.02. The fourth-order valence-electron chi connectivity index (χ4n) is 1.54. The second kappa shape index (κ2) is 6.23. The maximum absolute atomic E-state index is 11.5. The van der Waals surface area contributed by atoms with Gasteiger partial charge in [-0.15, -0.1) is 0 Å². The predicted molar refractivity (Wildman–Crippen MR) is 74.7 cm³/mol. The quantitative estimate of drug-likeness (QED) is 0.805. The molecule has 90 valence electrons. The molecule has 0 saturated carbocycles. The summed E-state index contributed by atoms with van der Waals surface area (Å²) in [4.78, 5) is 18.6. The van der Waals surface area contributed by atoms with Crippen LogP contribution in [0, 0.1) is 0 Å². The van der Waals surface area contributed by atoms with Crippen molar-refractivity contribution in [2.75, 3.05) is 0 Å². The Labute approximate surface area is 104 Å². The second-order valence-electron chi connectivity index (χ2n) is 3.46. The minimum absolute atomic E-state index is 0. The average Bonchev–Trinajstić information content (AvgIpc) is 2.39. The largest absolute Gasteiger partial charge is 0.320 e. The molecule has 0 atom stereocenters. The zero-order valence-corrected chi connectivity index (χ0v) is 10.6. The first-order valence-electron chi connectivity index (χ1n) is 5.95. The number of aryl methyl sites for hydroxylation is 1. The SMILES string of the molecule is CC.[B]Cc1cnc2cc(CC)c(=O)[nH]c2c1.[HH]. The van der Waals surface area contributed by atoms with E-state index in [-0.39, 0.29) is 6.99 Å². The van der Waals surface area contributed by atoms with Crippen LogP contribution in [0.3, 0.4) is 0 Å². The summed E-state index contributed by atoms with van der Waals surface area (Å²) < 4.78 is 0. The molecule has 17 heavy (non-hydrogen) atoms. The zero-order valence-electron chi connectivity index (χ0n) is 10.6. The van der Waals surface area contributed by atoms with E-state index in [2.05, 4.69) is 9.97 Å². The van der Waals surface area contributed by atoms with E-state index in [4.69, 9.17) is 7.85 Å². The van der Waals surface area contributed by atoms with Crippen LogP contribution in [-0.4, -0.2) is 17.8 Å². The Bertz CT molecular complexity index is 554. The van der Waals surface area contributed by atoms with Crippen molar-refractivity contribution >= 4 is 18.9 Å². The van der Waals surface area contributed by atoms with Gasteiger partial charge in [-0.25, -0.2) is 0 Å². The van der Waals surface area contributed by atoms with Gasteiger partial charge in [0, 0.05) is 13.2 Å². The highest BCUT2D eigenvalue weighted by Gasteiger charge is 2.02. The molecule has 4 heteroatoms. The number of aromatic nitrogens is 2. The van der Waals surface area contributed by atoms with Gasteiger partial charge in [-0.1, -0.05) is 27.1 Å². The van der Waals surface area contributed by atoms with E-state index in [1.165, 1.54) is 0 Å². The lowest BCUT2D eigenvalue weighted by atomic mass is 9.98. The van der Waals surface area contributed by atoms with Crippen LogP contribution in [0.4, 0.5) is 0 Å². The number of nitrogens with zero attached hydrogens (tertiary/aromatic N) is 1. The molecule has 3 nitrogen and oxygen atoms in total. The van der Waals surface area contributed by atoms with Gasteiger partial charge in [-0.05, 0) is 24.1 Å². The number of hydrogen-bond acceptors (Lipinski definition) is 2. The molecule has 0 aliphatic carbocycles. The highest BCUT2D eigenvalue weighted by molar-refractivity contribution is 6.08. The second-order valence-corrected chi connectivity index (χ2v) is 3.46. The molecule has 0 aromatic carbocycles. The third kappa shape index (κ3) is 2.96. The summed E-state index contributed by atoms with van der Waals surface area (Å²) in [5.41, 5.74) is 3.20. The van der Waals surface area contributed by atoms with Crippen molar-refractivity contribution in [3.63, 3.8) is 0 Å². The van der Waals surface area contributed by atoms with Gasteiger partial charge in [0.15, 0.2) is 0 Å². The highest BCUT2D eigenvalue weighted by atomic mass is 16.1. The lowest BCUT2D eigenvalue weighted by Crippen LogP contribution is -2.11. The molecule has 0 unspecified atom stereocenters. The molecule has 1 N–H and O–H groups in total. The van der Waals surface area contributed by atoms with E-state index in [1.54, 1.807) is 6.20 Å². The third-order valence-corrected chi connectivity index (χ3v) is 2.44. The van der Waals surface area contributed by atoms with Gasteiger partial charge in [-0.2, -0.15) is 0 Å². The molecule has 2 rings (SSSR count). The molecule has 0 aliphatic rings. The number of H-pyrrole nitrogens is 1. The van der Waals surface area contributed by atoms with Crippen molar-refractivity contribution in [2.24, 2.45) is 0 Å². The first kappa shape index (κ1) is 13.5. The molecular formula is C13H19BN2O. The van der Waals surface area contributed by atoms with E-state index >= 15 is 0 Å². The summed E-state index contributed by atoms with van der Waals surface area (Å²) >= 11 is 0. The zero-order chi connectivity index (χ0) is 12.8. The number of nitrogens with one attached hydrogen (secondary N) is 1. The van der Waals surface area contributed by atoms with Gasteiger partial charge in [-0.3, -0.25) is 9.78 Å². The van der Waals surface area contributed by atoms with Crippen LogP contribution in [0.25, 0.3) is 11.0 Å². The van der Waals surface area contributed by atoms with Gasteiger partial charge in [0.05, 0.1) is 18.9 Å². The first-order valence-corrected chi connectivity index (χ1v) is 5.95. The Morgan fingerprint density at radius 3 is 2.71 bits per heavy atom. The normalized spacial score (nSPS) is 9.82. The molecule has 2 aromatic rings. The third-order valence-electron chi connectivity index (χ3n) is 2.44. The van der Waals surface area contributed by atoms with Crippen LogP contribution in [0.15, 0.2) is 23.1 Å². The van der Waals surface area contributed by atoms with E-state index in [0.29, 0.717) is 12.7 Å². The smallest absolute Gasteiger partial charge is 0.251 e. The van der Waals surface area contributed by atoms with Crippen molar-refractivity contribution in [2.45, 2.75) is 33.5 Å². The summed E-state index contributed by atoms with van der Waals surface area (Å²) in [6, 6.07) is 3.69. The van der Waals surface area contributed by atoms with Crippen molar-refractivity contribution in [1.29, 1.82) is 0 Å². The number of hydrogen-bond donors (Lipinski definition) is 1. The van der Waals surface area contributed by atoms with Gasteiger partial charge < -0.3 is 4.98 Å².